The van der Waals surface area contributed by atoms with Crippen LogP contribution in [0.15, 0.2) is 29.6 Å². The van der Waals surface area contributed by atoms with Crippen molar-refractivity contribution in [2.75, 3.05) is 0 Å². The van der Waals surface area contributed by atoms with Gasteiger partial charge in [-0.15, -0.1) is 21.5 Å². The molecule has 2 aromatic heterocycles. The van der Waals surface area contributed by atoms with Crippen molar-refractivity contribution in [3.63, 3.8) is 0 Å². The van der Waals surface area contributed by atoms with Crippen molar-refractivity contribution >= 4 is 17.1 Å². The van der Waals surface area contributed by atoms with Crippen LogP contribution in [0.3, 0.4) is 0 Å². The lowest BCUT2D eigenvalue weighted by atomic mass is 10.1. The number of carbonyl (C=O) groups is 1. The van der Waals surface area contributed by atoms with Gasteiger partial charge in [-0.2, -0.15) is 10.1 Å². The second-order valence-electron chi connectivity index (χ2n) is 5.55. The molecule has 3 rings (SSSR count). The maximum Gasteiger partial charge on any atom is 0.204 e. The first-order chi connectivity index (χ1) is 12.1. The highest BCUT2D eigenvalue weighted by molar-refractivity contribution is 7.09. The molecule has 3 aromatic rings. The number of hydrogen-bond donors (Lipinski definition) is 0. The molecule has 1 aromatic carbocycles. The lowest BCUT2D eigenvalue weighted by molar-refractivity contribution is -0.120. The molecule has 1 atom stereocenters. The summed E-state index contributed by atoms with van der Waals surface area (Å²) in [6.45, 7) is 3.80. The molecule has 2 heterocycles. The predicted octanol–water partition coefficient (Wildman–Crippen LogP) is 2.54. The number of Topliss-reactive ketones (excluding diaryl/α,β-unsaturated/α-hetero) is 1. The monoisotopic (exact) mass is 352 g/mol. The third-order valence-electron chi connectivity index (χ3n) is 3.71. The number of benzene rings is 1. The number of thiazole rings is 1. The maximum atomic E-state index is 12.4. The minimum absolute atomic E-state index is 0.114. The van der Waals surface area contributed by atoms with Gasteiger partial charge >= 0.3 is 0 Å². The zero-order valence-corrected chi connectivity index (χ0v) is 14.7. The van der Waals surface area contributed by atoms with Gasteiger partial charge in [0.2, 0.25) is 5.82 Å². The number of hydrogen-bond acceptors (Lipinski definition) is 7. The molecule has 0 aliphatic rings. The summed E-state index contributed by atoms with van der Waals surface area (Å²) < 4.78 is 0. The van der Waals surface area contributed by atoms with Gasteiger partial charge in [0, 0.05) is 16.6 Å². The molecule has 0 saturated heterocycles. The van der Waals surface area contributed by atoms with Crippen LogP contribution in [0.4, 0.5) is 0 Å². The van der Waals surface area contributed by atoms with E-state index in [-0.39, 0.29) is 12.3 Å². The van der Waals surface area contributed by atoms with Crippen LogP contribution in [-0.2, 0) is 17.8 Å². The van der Waals surface area contributed by atoms with Crippen LogP contribution in [-0.4, -0.2) is 31.0 Å². The first-order valence-electron chi connectivity index (χ1n) is 7.82. The van der Waals surface area contributed by atoms with Crippen LogP contribution in [0.2, 0.25) is 0 Å². The van der Waals surface area contributed by atoms with Crippen LogP contribution >= 0.6 is 11.3 Å². The average molecular weight is 352 g/mol. The molecule has 0 aliphatic heterocycles. The summed E-state index contributed by atoms with van der Waals surface area (Å²) in [6.07, 6.45) is 0.959. The number of nitrogens with zero attached hydrogens (tertiary/aromatic N) is 6. The SMILES string of the molecule is CCc1ccc(-c2nnn(CC(=O)C(C#N)c3nc(C)cs3)n2)cc1. The van der Waals surface area contributed by atoms with Gasteiger partial charge in [0.15, 0.2) is 11.7 Å². The van der Waals surface area contributed by atoms with Crippen molar-refractivity contribution in [1.82, 2.24) is 25.2 Å². The Kier molecular flexibility index (Phi) is 4.95. The lowest BCUT2D eigenvalue weighted by Crippen LogP contribution is -2.19. The Balaban J connectivity index is 1.74. The Hall–Kier alpha value is -2.92. The molecule has 126 valence electrons. The van der Waals surface area contributed by atoms with E-state index in [1.165, 1.54) is 21.7 Å². The molecule has 0 N–H and O–H groups in total. The maximum absolute atomic E-state index is 12.4. The Bertz CT molecular complexity index is 921. The van der Waals surface area contributed by atoms with Crippen molar-refractivity contribution in [1.29, 1.82) is 5.26 Å². The first kappa shape index (κ1) is 16.9. The Morgan fingerprint density at radius 1 is 1.36 bits per heavy atom. The largest absolute Gasteiger partial charge is 0.296 e. The van der Waals surface area contributed by atoms with E-state index in [1.807, 2.05) is 42.6 Å². The predicted molar refractivity (Wildman–Crippen MR) is 92.8 cm³/mol. The lowest BCUT2D eigenvalue weighted by Gasteiger charge is -2.03. The normalized spacial score (nSPS) is 11.9. The van der Waals surface area contributed by atoms with Crippen LogP contribution in [0.5, 0.6) is 0 Å². The summed E-state index contributed by atoms with van der Waals surface area (Å²) in [5.41, 5.74) is 2.86. The molecule has 0 saturated carbocycles. The quantitative estimate of drug-likeness (QED) is 0.676. The standard InChI is InChI=1S/C17H16N6OS/c1-3-12-4-6-13(7-5-12)16-20-22-23(21-16)9-15(24)14(8-18)17-19-11(2)10-25-17/h4-7,10,14H,3,9H2,1-2H3. The Morgan fingerprint density at radius 3 is 2.72 bits per heavy atom. The van der Waals surface area contributed by atoms with Gasteiger partial charge in [-0.1, -0.05) is 31.2 Å². The van der Waals surface area contributed by atoms with Gasteiger partial charge in [0.05, 0.1) is 6.07 Å². The topological polar surface area (TPSA) is 97.3 Å². The van der Waals surface area contributed by atoms with Crippen molar-refractivity contribution in [3.8, 4) is 17.5 Å². The molecule has 1 unspecified atom stereocenters. The van der Waals surface area contributed by atoms with Crippen molar-refractivity contribution in [3.05, 3.63) is 45.9 Å². The van der Waals surface area contributed by atoms with Crippen LogP contribution in [0, 0.1) is 18.3 Å². The summed E-state index contributed by atoms with van der Waals surface area (Å²) in [5, 5.41) is 23.8. The average Bonchev–Trinajstić information content (AvgIpc) is 3.25. The fourth-order valence-electron chi connectivity index (χ4n) is 2.32. The minimum Gasteiger partial charge on any atom is -0.296 e. The van der Waals surface area contributed by atoms with Gasteiger partial charge in [-0.3, -0.25) is 4.79 Å². The van der Waals surface area contributed by atoms with E-state index in [1.54, 1.807) is 0 Å². The molecule has 7 nitrogen and oxygen atoms in total. The fraction of sp³-hybridized carbons (Fsp3) is 0.294. The summed E-state index contributed by atoms with van der Waals surface area (Å²) >= 11 is 1.31. The second kappa shape index (κ2) is 7.32. The molecule has 0 radical (unpaired) electrons. The van der Waals surface area contributed by atoms with Gasteiger partial charge in [-0.25, -0.2) is 4.98 Å². The van der Waals surface area contributed by atoms with Gasteiger partial charge < -0.3 is 0 Å². The van der Waals surface area contributed by atoms with Crippen molar-refractivity contribution in [2.45, 2.75) is 32.7 Å². The van der Waals surface area contributed by atoms with Crippen molar-refractivity contribution in [2.24, 2.45) is 0 Å². The molecule has 25 heavy (non-hydrogen) atoms. The highest BCUT2D eigenvalue weighted by atomic mass is 32.1. The zero-order chi connectivity index (χ0) is 17.8. The Labute approximate surface area is 148 Å². The number of nitriles is 1. The minimum atomic E-state index is -0.906. The third-order valence-corrected chi connectivity index (χ3v) is 4.73. The van der Waals surface area contributed by atoms with E-state index in [0.29, 0.717) is 10.8 Å². The second-order valence-corrected chi connectivity index (χ2v) is 6.44. The molecule has 0 aliphatic carbocycles. The molecule has 0 spiro atoms. The number of tetrazole rings is 1. The summed E-state index contributed by atoms with van der Waals surface area (Å²) in [6, 6.07) is 9.89. The highest BCUT2D eigenvalue weighted by Gasteiger charge is 2.24. The van der Waals surface area contributed by atoms with Crippen LogP contribution < -0.4 is 0 Å². The van der Waals surface area contributed by atoms with Crippen LogP contribution in [0.1, 0.15) is 29.1 Å². The number of carbonyl (C=O) groups excluding carboxylic acids is 1. The van der Waals surface area contributed by atoms with E-state index < -0.39 is 5.92 Å². The van der Waals surface area contributed by atoms with E-state index in [0.717, 1.165) is 17.7 Å². The van der Waals surface area contributed by atoms with E-state index in [4.69, 9.17) is 0 Å². The van der Waals surface area contributed by atoms with Gasteiger partial charge in [-0.05, 0) is 24.1 Å². The number of rotatable bonds is 6. The molecular formula is C17H16N6OS. The van der Waals surface area contributed by atoms with Crippen molar-refractivity contribution < 1.29 is 4.79 Å². The number of aryl methyl sites for hydroxylation is 2. The summed E-state index contributed by atoms with van der Waals surface area (Å²) in [5.74, 6) is -0.756. The van der Waals surface area contributed by atoms with E-state index >= 15 is 0 Å². The van der Waals surface area contributed by atoms with Gasteiger partial charge in [0.1, 0.15) is 11.6 Å². The van der Waals surface area contributed by atoms with E-state index in [2.05, 4.69) is 27.3 Å². The molecule has 8 heteroatoms. The number of ketones is 1. The summed E-state index contributed by atoms with van der Waals surface area (Å²) in [7, 11) is 0. The fourth-order valence-corrected chi connectivity index (χ4v) is 3.18. The number of aromatic nitrogens is 5. The van der Waals surface area contributed by atoms with E-state index in [9.17, 15) is 10.1 Å². The molecule has 0 bridgehead atoms. The zero-order valence-electron chi connectivity index (χ0n) is 13.9. The van der Waals surface area contributed by atoms with Crippen LogP contribution in [0.25, 0.3) is 11.4 Å². The molecule has 0 amide bonds. The third kappa shape index (κ3) is 3.78. The van der Waals surface area contributed by atoms with Gasteiger partial charge in [0.25, 0.3) is 0 Å². The summed E-state index contributed by atoms with van der Waals surface area (Å²) in [4.78, 5) is 17.8. The first-order valence-corrected chi connectivity index (χ1v) is 8.70. The molecular weight excluding hydrogens is 336 g/mol. The Morgan fingerprint density at radius 2 is 2.12 bits per heavy atom. The smallest absolute Gasteiger partial charge is 0.204 e. The molecule has 0 fully saturated rings. The highest BCUT2D eigenvalue weighted by Crippen LogP contribution is 2.21.